The Morgan fingerprint density at radius 1 is 1.12 bits per heavy atom. The van der Waals surface area contributed by atoms with Crippen LogP contribution in [0, 0.1) is 0 Å². The maximum Gasteiger partial charge on any atom is 0.263 e. The molecule has 7 heteroatoms. The van der Waals surface area contributed by atoms with Crippen molar-refractivity contribution in [1.82, 2.24) is 9.80 Å². The van der Waals surface area contributed by atoms with Gasteiger partial charge < -0.3 is 24.4 Å². The molecule has 2 unspecified atom stereocenters. The molecule has 26 heavy (non-hydrogen) atoms. The van der Waals surface area contributed by atoms with Crippen LogP contribution in [0.4, 0.5) is 0 Å². The quantitative estimate of drug-likeness (QED) is 0.876. The third kappa shape index (κ3) is 4.46. The van der Waals surface area contributed by atoms with E-state index in [-0.39, 0.29) is 23.7 Å². The first-order valence-electron chi connectivity index (χ1n) is 9.19. The van der Waals surface area contributed by atoms with Crippen LogP contribution in [0.3, 0.4) is 0 Å². The van der Waals surface area contributed by atoms with E-state index < -0.39 is 6.10 Å². The molecule has 0 aliphatic carbocycles. The zero-order valence-electron chi connectivity index (χ0n) is 15.1. The van der Waals surface area contributed by atoms with E-state index in [0.29, 0.717) is 38.5 Å². The Hall–Kier alpha value is -2.28. The largest absolute Gasteiger partial charge is 0.508 e. The van der Waals surface area contributed by atoms with Gasteiger partial charge in [0, 0.05) is 32.8 Å². The summed E-state index contributed by atoms with van der Waals surface area (Å²) in [5.41, 5.74) is 0. The Bertz CT molecular complexity index is 627. The highest BCUT2D eigenvalue weighted by Gasteiger charge is 2.31. The maximum atomic E-state index is 12.7. The fourth-order valence-electron chi connectivity index (χ4n) is 3.37. The number of phenolic OH excluding ortho intramolecular Hbond substituents is 1. The van der Waals surface area contributed by atoms with Crippen LogP contribution < -0.4 is 4.74 Å². The van der Waals surface area contributed by atoms with Crippen molar-refractivity contribution in [1.29, 1.82) is 0 Å². The Morgan fingerprint density at radius 3 is 2.50 bits per heavy atom. The Labute approximate surface area is 153 Å². The molecule has 2 aliphatic heterocycles. The van der Waals surface area contributed by atoms with Crippen molar-refractivity contribution in [2.24, 2.45) is 0 Å². The van der Waals surface area contributed by atoms with Crippen LogP contribution in [-0.2, 0) is 14.3 Å². The third-order valence-electron chi connectivity index (χ3n) is 4.82. The number of benzene rings is 1. The first-order valence-corrected chi connectivity index (χ1v) is 9.19. The fourth-order valence-corrected chi connectivity index (χ4v) is 3.37. The number of ether oxygens (including phenoxy) is 2. The van der Waals surface area contributed by atoms with Crippen LogP contribution in [0.2, 0.25) is 0 Å². The van der Waals surface area contributed by atoms with Crippen molar-refractivity contribution in [3.8, 4) is 11.5 Å². The molecule has 2 atom stereocenters. The molecule has 142 valence electrons. The molecule has 2 saturated heterocycles. The molecule has 0 bridgehead atoms. The molecule has 0 aromatic heterocycles. The molecule has 7 nitrogen and oxygen atoms in total. The van der Waals surface area contributed by atoms with Crippen LogP contribution in [0.5, 0.6) is 11.5 Å². The smallest absolute Gasteiger partial charge is 0.263 e. The number of amides is 2. The van der Waals surface area contributed by atoms with E-state index in [1.165, 1.54) is 12.1 Å². The number of rotatable bonds is 4. The van der Waals surface area contributed by atoms with E-state index >= 15 is 0 Å². The molecule has 1 aromatic carbocycles. The van der Waals surface area contributed by atoms with Crippen molar-refractivity contribution in [3.63, 3.8) is 0 Å². The molecule has 1 aromatic rings. The lowest BCUT2D eigenvalue weighted by Gasteiger charge is -2.26. The summed E-state index contributed by atoms with van der Waals surface area (Å²) in [6.45, 7) is 4.65. The van der Waals surface area contributed by atoms with Gasteiger partial charge in [0.1, 0.15) is 17.6 Å². The molecule has 0 radical (unpaired) electrons. The number of hydrogen-bond acceptors (Lipinski definition) is 5. The van der Waals surface area contributed by atoms with Crippen molar-refractivity contribution in [2.45, 2.75) is 38.4 Å². The predicted octanol–water partition coefficient (Wildman–Crippen LogP) is 1.40. The van der Waals surface area contributed by atoms with Gasteiger partial charge in [0.25, 0.3) is 11.8 Å². The topological polar surface area (TPSA) is 79.3 Å². The number of nitrogens with zero attached hydrogens (tertiary/aromatic N) is 2. The van der Waals surface area contributed by atoms with Gasteiger partial charge in [0.05, 0.1) is 0 Å². The second kappa shape index (κ2) is 8.40. The summed E-state index contributed by atoms with van der Waals surface area (Å²) in [7, 11) is 0. The van der Waals surface area contributed by atoms with Gasteiger partial charge in [-0.15, -0.1) is 0 Å². The van der Waals surface area contributed by atoms with E-state index in [1.807, 2.05) is 4.90 Å². The van der Waals surface area contributed by atoms with E-state index in [0.717, 1.165) is 19.3 Å². The van der Waals surface area contributed by atoms with Gasteiger partial charge in [-0.25, -0.2) is 0 Å². The third-order valence-corrected chi connectivity index (χ3v) is 4.82. The molecule has 3 rings (SSSR count). The zero-order valence-corrected chi connectivity index (χ0v) is 15.1. The Kier molecular flexibility index (Phi) is 5.98. The van der Waals surface area contributed by atoms with Gasteiger partial charge in [0.15, 0.2) is 6.10 Å². The van der Waals surface area contributed by atoms with E-state index in [2.05, 4.69) is 0 Å². The van der Waals surface area contributed by atoms with Gasteiger partial charge in [-0.3, -0.25) is 9.59 Å². The number of carbonyl (C=O) groups is 2. The molecule has 2 aliphatic rings. The first kappa shape index (κ1) is 18.5. The standard InChI is InChI=1S/C19H26N2O5/c1-14(26-16-7-5-15(22)6-8-16)18(23)20-9-3-10-21(12-11-20)19(24)17-4-2-13-25-17/h5-8,14,17,22H,2-4,9-13H2,1H3. The summed E-state index contributed by atoms with van der Waals surface area (Å²) in [5, 5.41) is 9.31. The average molecular weight is 362 g/mol. The zero-order chi connectivity index (χ0) is 18.5. The average Bonchev–Trinajstić information content (AvgIpc) is 3.07. The first-order chi connectivity index (χ1) is 12.5. The van der Waals surface area contributed by atoms with Gasteiger partial charge in [-0.2, -0.15) is 0 Å². The normalized spacial score (nSPS) is 22.0. The lowest BCUT2D eigenvalue weighted by atomic mass is 10.2. The predicted molar refractivity (Wildman–Crippen MR) is 94.9 cm³/mol. The van der Waals surface area contributed by atoms with Crippen molar-refractivity contribution in [3.05, 3.63) is 24.3 Å². The molecule has 0 spiro atoms. The van der Waals surface area contributed by atoms with Crippen LogP contribution in [0.1, 0.15) is 26.2 Å². The summed E-state index contributed by atoms with van der Waals surface area (Å²) in [4.78, 5) is 28.7. The van der Waals surface area contributed by atoms with Crippen LogP contribution in [0.25, 0.3) is 0 Å². The van der Waals surface area contributed by atoms with Gasteiger partial charge in [-0.1, -0.05) is 0 Å². The summed E-state index contributed by atoms with van der Waals surface area (Å²) >= 11 is 0. The maximum absolute atomic E-state index is 12.7. The second-order valence-electron chi connectivity index (χ2n) is 6.76. The van der Waals surface area contributed by atoms with Crippen LogP contribution in [0.15, 0.2) is 24.3 Å². The minimum Gasteiger partial charge on any atom is -0.508 e. The van der Waals surface area contributed by atoms with E-state index in [1.54, 1.807) is 24.0 Å². The van der Waals surface area contributed by atoms with Crippen molar-refractivity contribution >= 4 is 11.8 Å². The van der Waals surface area contributed by atoms with Crippen molar-refractivity contribution in [2.75, 3.05) is 32.8 Å². The summed E-state index contributed by atoms with van der Waals surface area (Å²) in [6.07, 6.45) is 1.53. The lowest BCUT2D eigenvalue weighted by Crippen LogP contribution is -2.44. The molecule has 2 fully saturated rings. The van der Waals surface area contributed by atoms with Crippen LogP contribution in [-0.4, -0.2) is 71.7 Å². The highest BCUT2D eigenvalue weighted by molar-refractivity contribution is 5.82. The molecular weight excluding hydrogens is 336 g/mol. The highest BCUT2D eigenvalue weighted by Crippen LogP contribution is 2.19. The number of phenols is 1. The van der Waals surface area contributed by atoms with Gasteiger partial charge in [-0.05, 0) is 50.5 Å². The lowest BCUT2D eigenvalue weighted by molar-refractivity contribution is -0.142. The Morgan fingerprint density at radius 2 is 1.81 bits per heavy atom. The minimum atomic E-state index is -0.625. The highest BCUT2D eigenvalue weighted by atomic mass is 16.5. The van der Waals surface area contributed by atoms with E-state index in [4.69, 9.17) is 9.47 Å². The number of aromatic hydroxyl groups is 1. The Balaban J connectivity index is 1.53. The SMILES string of the molecule is CC(Oc1ccc(O)cc1)C(=O)N1CCCN(C(=O)C2CCCO2)CC1. The van der Waals surface area contributed by atoms with Gasteiger partial charge in [0.2, 0.25) is 0 Å². The molecule has 2 amide bonds. The van der Waals surface area contributed by atoms with Gasteiger partial charge >= 0.3 is 0 Å². The summed E-state index contributed by atoms with van der Waals surface area (Å²) < 4.78 is 11.2. The molecule has 1 N–H and O–H groups in total. The van der Waals surface area contributed by atoms with Crippen LogP contribution >= 0.6 is 0 Å². The number of carbonyl (C=O) groups excluding carboxylic acids is 2. The second-order valence-corrected chi connectivity index (χ2v) is 6.76. The molecule has 0 saturated carbocycles. The van der Waals surface area contributed by atoms with Crippen molar-refractivity contribution < 1.29 is 24.2 Å². The molecular formula is C19H26N2O5. The molecule has 2 heterocycles. The number of hydrogen-bond donors (Lipinski definition) is 1. The summed E-state index contributed by atoms with van der Waals surface area (Å²) in [6, 6.07) is 6.30. The minimum absolute atomic E-state index is 0.0465. The van der Waals surface area contributed by atoms with E-state index in [9.17, 15) is 14.7 Å². The monoisotopic (exact) mass is 362 g/mol. The fraction of sp³-hybridized carbons (Fsp3) is 0.579. The summed E-state index contributed by atoms with van der Waals surface area (Å²) in [5.74, 6) is 0.642.